The maximum Gasteiger partial charge on any atom is 0.239 e. The Morgan fingerprint density at radius 3 is 2.33 bits per heavy atom. The average molecular weight is 206 g/mol. The highest BCUT2D eigenvalue weighted by Crippen LogP contribution is 2.16. The van der Waals surface area contributed by atoms with E-state index in [0.29, 0.717) is 12.5 Å². The van der Waals surface area contributed by atoms with Crippen LogP contribution in [-0.4, -0.2) is 19.5 Å². The Morgan fingerprint density at radius 2 is 1.87 bits per heavy atom. The molecule has 0 atom stereocenters. The molecule has 0 unspecified atom stereocenters. The van der Waals surface area contributed by atoms with Crippen molar-refractivity contribution in [3.63, 3.8) is 0 Å². The lowest BCUT2D eigenvalue weighted by atomic mass is 10.0. The smallest absolute Gasteiger partial charge is 0.239 e. The van der Waals surface area contributed by atoms with E-state index in [1.807, 2.05) is 12.1 Å². The number of benzene rings is 1. The van der Waals surface area contributed by atoms with Crippen molar-refractivity contribution >= 4 is 11.6 Å². The van der Waals surface area contributed by atoms with Crippen LogP contribution >= 0.6 is 0 Å². The lowest BCUT2D eigenvalue weighted by molar-refractivity contribution is -0.118. The molecule has 3 nitrogen and oxygen atoms in total. The number of carbonyl (C=O) groups excluding carboxylic acids is 1. The summed E-state index contributed by atoms with van der Waals surface area (Å²) in [5.41, 5.74) is 2.28. The van der Waals surface area contributed by atoms with Gasteiger partial charge in [-0.25, -0.2) is 0 Å². The third-order valence-electron chi connectivity index (χ3n) is 2.31. The van der Waals surface area contributed by atoms with Gasteiger partial charge in [0.15, 0.2) is 0 Å². The van der Waals surface area contributed by atoms with Crippen LogP contribution < -0.4 is 10.6 Å². The van der Waals surface area contributed by atoms with Gasteiger partial charge in [-0.05, 0) is 23.6 Å². The van der Waals surface area contributed by atoms with Gasteiger partial charge in [-0.1, -0.05) is 26.0 Å². The molecular weight excluding hydrogens is 188 g/mol. The summed E-state index contributed by atoms with van der Waals surface area (Å²) >= 11 is 0. The minimum Gasteiger partial charge on any atom is -0.376 e. The van der Waals surface area contributed by atoms with Crippen LogP contribution in [-0.2, 0) is 4.79 Å². The number of rotatable bonds is 4. The van der Waals surface area contributed by atoms with Crippen LogP contribution in [0.5, 0.6) is 0 Å². The summed E-state index contributed by atoms with van der Waals surface area (Å²) in [6, 6.07) is 8.16. The van der Waals surface area contributed by atoms with Gasteiger partial charge < -0.3 is 10.6 Å². The lowest BCUT2D eigenvalue weighted by Gasteiger charge is -2.08. The number of nitrogens with one attached hydrogen (secondary N) is 2. The van der Waals surface area contributed by atoms with Gasteiger partial charge in [-0.15, -0.1) is 0 Å². The summed E-state index contributed by atoms with van der Waals surface area (Å²) in [5.74, 6) is 0.529. The SMILES string of the molecule is CNC(=O)CNc1ccc(C(C)C)cc1. The van der Waals surface area contributed by atoms with Crippen LogP contribution in [0.15, 0.2) is 24.3 Å². The van der Waals surface area contributed by atoms with Gasteiger partial charge in [0.05, 0.1) is 6.54 Å². The highest BCUT2D eigenvalue weighted by atomic mass is 16.1. The minimum atomic E-state index is -0.0112. The molecule has 3 heteroatoms. The quantitative estimate of drug-likeness (QED) is 0.790. The van der Waals surface area contributed by atoms with Crippen molar-refractivity contribution in [1.82, 2.24) is 5.32 Å². The molecule has 0 heterocycles. The zero-order valence-corrected chi connectivity index (χ0v) is 9.50. The van der Waals surface area contributed by atoms with E-state index in [1.165, 1.54) is 5.56 Å². The molecule has 1 rings (SSSR count). The number of hydrogen-bond donors (Lipinski definition) is 2. The molecule has 15 heavy (non-hydrogen) atoms. The molecule has 0 fully saturated rings. The fraction of sp³-hybridized carbons (Fsp3) is 0.417. The number of carbonyl (C=O) groups is 1. The molecule has 0 aromatic heterocycles. The molecule has 2 N–H and O–H groups in total. The van der Waals surface area contributed by atoms with Gasteiger partial charge in [-0.3, -0.25) is 4.79 Å². The topological polar surface area (TPSA) is 41.1 Å². The molecule has 1 aromatic carbocycles. The van der Waals surface area contributed by atoms with Crippen LogP contribution in [0.1, 0.15) is 25.3 Å². The van der Waals surface area contributed by atoms with Crippen molar-refractivity contribution in [2.24, 2.45) is 0 Å². The summed E-state index contributed by atoms with van der Waals surface area (Å²) in [6.45, 7) is 4.64. The second-order valence-electron chi connectivity index (χ2n) is 3.80. The number of amides is 1. The van der Waals surface area contributed by atoms with Gasteiger partial charge in [0.25, 0.3) is 0 Å². The Morgan fingerprint density at radius 1 is 1.27 bits per heavy atom. The zero-order valence-electron chi connectivity index (χ0n) is 9.50. The van der Waals surface area contributed by atoms with E-state index in [1.54, 1.807) is 7.05 Å². The Balaban J connectivity index is 2.53. The van der Waals surface area contributed by atoms with E-state index in [4.69, 9.17) is 0 Å². The molecule has 82 valence electrons. The van der Waals surface area contributed by atoms with Crippen molar-refractivity contribution in [3.05, 3.63) is 29.8 Å². The molecule has 0 saturated heterocycles. The first-order valence-electron chi connectivity index (χ1n) is 5.18. The molecule has 0 saturated carbocycles. The molecule has 0 aliphatic carbocycles. The Kier molecular flexibility index (Phi) is 4.16. The summed E-state index contributed by atoms with van der Waals surface area (Å²) in [4.78, 5) is 11.0. The van der Waals surface area contributed by atoms with Crippen molar-refractivity contribution in [3.8, 4) is 0 Å². The van der Waals surface area contributed by atoms with Crippen LogP contribution in [0.3, 0.4) is 0 Å². The number of hydrogen-bond acceptors (Lipinski definition) is 2. The summed E-state index contributed by atoms with van der Waals surface area (Å²) in [7, 11) is 1.63. The fourth-order valence-electron chi connectivity index (χ4n) is 1.26. The van der Waals surface area contributed by atoms with Gasteiger partial charge in [0, 0.05) is 12.7 Å². The largest absolute Gasteiger partial charge is 0.376 e. The van der Waals surface area contributed by atoms with Crippen molar-refractivity contribution in [2.75, 3.05) is 18.9 Å². The predicted octanol–water partition coefficient (Wildman–Crippen LogP) is 1.97. The normalized spacial score (nSPS) is 10.1. The molecular formula is C12H18N2O. The van der Waals surface area contributed by atoms with Crippen LogP contribution in [0, 0.1) is 0 Å². The van der Waals surface area contributed by atoms with E-state index in [0.717, 1.165) is 5.69 Å². The maximum absolute atomic E-state index is 11.0. The molecule has 0 aliphatic heterocycles. The van der Waals surface area contributed by atoms with Crippen LogP contribution in [0.2, 0.25) is 0 Å². The average Bonchev–Trinajstić information content (AvgIpc) is 2.26. The Hall–Kier alpha value is -1.51. The molecule has 0 bridgehead atoms. The van der Waals surface area contributed by atoms with Crippen molar-refractivity contribution in [2.45, 2.75) is 19.8 Å². The fourth-order valence-corrected chi connectivity index (χ4v) is 1.26. The molecule has 0 spiro atoms. The van der Waals surface area contributed by atoms with Gasteiger partial charge in [0.1, 0.15) is 0 Å². The Labute approximate surface area is 90.9 Å². The summed E-state index contributed by atoms with van der Waals surface area (Å²) in [5, 5.41) is 5.61. The van der Waals surface area contributed by atoms with E-state index in [-0.39, 0.29) is 5.91 Å². The third kappa shape index (κ3) is 3.62. The predicted molar refractivity (Wildman–Crippen MR) is 63.1 cm³/mol. The molecule has 0 aliphatic rings. The standard InChI is InChI=1S/C12H18N2O/c1-9(2)10-4-6-11(7-5-10)14-8-12(15)13-3/h4-7,9,14H,8H2,1-3H3,(H,13,15). The van der Waals surface area contributed by atoms with Gasteiger partial charge >= 0.3 is 0 Å². The van der Waals surface area contributed by atoms with Crippen molar-refractivity contribution in [1.29, 1.82) is 0 Å². The lowest BCUT2D eigenvalue weighted by Crippen LogP contribution is -2.26. The van der Waals surface area contributed by atoms with E-state index >= 15 is 0 Å². The van der Waals surface area contributed by atoms with Crippen LogP contribution in [0.4, 0.5) is 5.69 Å². The molecule has 1 aromatic rings. The first-order chi connectivity index (χ1) is 7.13. The van der Waals surface area contributed by atoms with E-state index in [9.17, 15) is 4.79 Å². The Bertz CT molecular complexity index is 317. The van der Waals surface area contributed by atoms with E-state index < -0.39 is 0 Å². The van der Waals surface area contributed by atoms with E-state index in [2.05, 4.69) is 36.6 Å². The molecule has 0 radical (unpaired) electrons. The maximum atomic E-state index is 11.0. The first kappa shape index (κ1) is 11.6. The summed E-state index contributed by atoms with van der Waals surface area (Å²) in [6.07, 6.45) is 0. The highest BCUT2D eigenvalue weighted by molar-refractivity contribution is 5.80. The van der Waals surface area contributed by atoms with Gasteiger partial charge in [0.2, 0.25) is 5.91 Å². The number of likely N-dealkylation sites (N-methyl/N-ethyl adjacent to an activating group) is 1. The highest BCUT2D eigenvalue weighted by Gasteiger charge is 2.00. The van der Waals surface area contributed by atoms with Crippen molar-refractivity contribution < 1.29 is 4.79 Å². The van der Waals surface area contributed by atoms with Crippen LogP contribution in [0.25, 0.3) is 0 Å². The third-order valence-corrected chi connectivity index (χ3v) is 2.31. The monoisotopic (exact) mass is 206 g/mol. The minimum absolute atomic E-state index is 0.0112. The second-order valence-corrected chi connectivity index (χ2v) is 3.80. The number of anilines is 1. The summed E-state index contributed by atoms with van der Waals surface area (Å²) < 4.78 is 0. The first-order valence-corrected chi connectivity index (χ1v) is 5.18. The second kappa shape index (κ2) is 5.39. The zero-order chi connectivity index (χ0) is 11.3. The molecule has 1 amide bonds. The van der Waals surface area contributed by atoms with Gasteiger partial charge in [-0.2, -0.15) is 0 Å².